The molecule has 6 heteroatoms. The van der Waals surface area contributed by atoms with E-state index in [1.807, 2.05) is 0 Å². The SMILES string of the molecule is CCCCNc1nc(N)nc2cc(C(=O)O)ccc12. The van der Waals surface area contributed by atoms with E-state index in [9.17, 15) is 4.79 Å². The van der Waals surface area contributed by atoms with Crippen LogP contribution in [0.25, 0.3) is 10.9 Å². The first-order valence-corrected chi connectivity index (χ1v) is 6.16. The molecule has 2 aromatic rings. The fourth-order valence-corrected chi connectivity index (χ4v) is 1.80. The van der Waals surface area contributed by atoms with Crippen LogP contribution in [-0.4, -0.2) is 27.6 Å². The third-order valence-corrected chi connectivity index (χ3v) is 2.78. The van der Waals surface area contributed by atoms with Gasteiger partial charge >= 0.3 is 5.97 Å². The van der Waals surface area contributed by atoms with Crippen molar-refractivity contribution in [3.05, 3.63) is 23.8 Å². The average molecular weight is 260 g/mol. The quantitative estimate of drug-likeness (QED) is 0.712. The number of nitrogens with two attached hydrogens (primary N) is 1. The fourth-order valence-electron chi connectivity index (χ4n) is 1.80. The number of fused-ring (bicyclic) bond motifs is 1. The van der Waals surface area contributed by atoms with Crippen LogP contribution in [0.2, 0.25) is 0 Å². The zero-order valence-corrected chi connectivity index (χ0v) is 10.7. The lowest BCUT2D eigenvalue weighted by atomic mass is 10.1. The van der Waals surface area contributed by atoms with Crippen molar-refractivity contribution in [1.82, 2.24) is 9.97 Å². The molecule has 0 aliphatic rings. The van der Waals surface area contributed by atoms with Gasteiger partial charge in [-0.3, -0.25) is 0 Å². The van der Waals surface area contributed by atoms with Crippen molar-refractivity contribution >= 4 is 28.6 Å². The molecule has 0 radical (unpaired) electrons. The summed E-state index contributed by atoms with van der Waals surface area (Å²) in [4.78, 5) is 19.2. The number of unbranched alkanes of at least 4 members (excludes halogenated alkanes) is 1. The van der Waals surface area contributed by atoms with Gasteiger partial charge in [-0.15, -0.1) is 0 Å². The Balaban J connectivity index is 2.43. The molecule has 1 aromatic heterocycles. The average Bonchev–Trinajstić information content (AvgIpc) is 2.37. The van der Waals surface area contributed by atoms with Crippen molar-refractivity contribution in [3.8, 4) is 0 Å². The molecule has 0 atom stereocenters. The van der Waals surface area contributed by atoms with Crippen LogP contribution in [0.5, 0.6) is 0 Å². The number of rotatable bonds is 5. The lowest BCUT2D eigenvalue weighted by molar-refractivity contribution is 0.0697. The first-order chi connectivity index (χ1) is 9.11. The molecular weight excluding hydrogens is 244 g/mol. The number of hydrogen-bond donors (Lipinski definition) is 3. The molecule has 4 N–H and O–H groups in total. The second-order valence-electron chi connectivity index (χ2n) is 4.25. The number of carboxylic acids is 1. The van der Waals surface area contributed by atoms with Gasteiger partial charge < -0.3 is 16.2 Å². The number of anilines is 2. The molecular formula is C13H16N4O2. The maximum absolute atomic E-state index is 10.9. The summed E-state index contributed by atoms with van der Waals surface area (Å²) in [6.07, 6.45) is 2.10. The molecule has 1 aromatic carbocycles. The van der Waals surface area contributed by atoms with Crippen LogP contribution in [0.15, 0.2) is 18.2 Å². The maximum atomic E-state index is 10.9. The van der Waals surface area contributed by atoms with Crippen LogP contribution in [0.1, 0.15) is 30.1 Å². The van der Waals surface area contributed by atoms with Gasteiger partial charge in [0.15, 0.2) is 0 Å². The van der Waals surface area contributed by atoms with E-state index in [1.165, 1.54) is 12.1 Å². The second-order valence-corrected chi connectivity index (χ2v) is 4.25. The van der Waals surface area contributed by atoms with E-state index < -0.39 is 5.97 Å². The standard InChI is InChI=1S/C13H16N4O2/c1-2-3-6-15-11-9-5-4-8(12(18)19)7-10(9)16-13(14)17-11/h4-5,7H,2-3,6H2,1H3,(H,18,19)(H3,14,15,16,17). The number of hydrogen-bond acceptors (Lipinski definition) is 5. The summed E-state index contributed by atoms with van der Waals surface area (Å²) in [6.45, 7) is 2.90. The Kier molecular flexibility index (Phi) is 3.79. The van der Waals surface area contributed by atoms with Gasteiger partial charge in [0.25, 0.3) is 0 Å². The summed E-state index contributed by atoms with van der Waals surface area (Å²) in [6, 6.07) is 4.74. The molecule has 0 aliphatic heterocycles. The Morgan fingerprint density at radius 2 is 2.21 bits per heavy atom. The summed E-state index contributed by atoms with van der Waals surface area (Å²) >= 11 is 0. The lowest BCUT2D eigenvalue weighted by Crippen LogP contribution is -2.07. The first-order valence-electron chi connectivity index (χ1n) is 6.16. The van der Waals surface area contributed by atoms with Crippen LogP contribution in [0.4, 0.5) is 11.8 Å². The zero-order valence-electron chi connectivity index (χ0n) is 10.7. The van der Waals surface area contributed by atoms with Gasteiger partial charge in [0.05, 0.1) is 11.1 Å². The lowest BCUT2D eigenvalue weighted by Gasteiger charge is -2.09. The number of aromatic carboxylic acids is 1. The maximum Gasteiger partial charge on any atom is 0.335 e. The topological polar surface area (TPSA) is 101 Å². The van der Waals surface area contributed by atoms with Crippen molar-refractivity contribution in [2.24, 2.45) is 0 Å². The number of aromatic nitrogens is 2. The van der Waals surface area contributed by atoms with Gasteiger partial charge in [-0.2, -0.15) is 4.98 Å². The smallest absolute Gasteiger partial charge is 0.335 e. The number of nitrogens with one attached hydrogen (secondary N) is 1. The van der Waals surface area contributed by atoms with E-state index >= 15 is 0 Å². The monoisotopic (exact) mass is 260 g/mol. The van der Waals surface area contributed by atoms with Crippen LogP contribution < -0.4 is 11.1 Å². The normalized spacial score (nSPS) is 10.6. The molecule has 0 amide bonds. The Bertz CT molecular complexity index is 613. The van der Waals surface area contributed by atoms with Gasteiger partial charge in [0.1, 0.15) is 5.82 Å². The predicted octanol–water partition coefficient (Wildman–Crippen LogP) is 2.12. The van der Waals surface area contributed by atoms with Crippen LogP contribution in [0.3, 0.4) is 0 Å². The van der Waals surface area contributed by atoms with E-state index in [2.05, 4.69) is 22.2 Å². The second kappa shape index (κ2) is 5.51. The van der Waals surface area contributed by atoms with Gasteiger partial charge in [0, 0.05) is 11.9 Å². The van der Waals surface area contributed by atoms with E-state index in [0.29, 0.717) is 11.3 Å². The van der Waals surface area contributed by atoms with Gasteiger partial charge in [0.2, 0.25) is 5.95 Å². The Morgan fingerprint density at radius 3 is 2.89 bits per heavy atom. The van der Waals surface area contributed by atoms with Crippen LogP contribution in [0, 0.1) is 0 Å². The highest BCUT2D eigenvalue weighted by Crippen LogP contribution is 2.22. The van der Waals surface area contributed by atoms with E-state index in [-0.39, 0.29) is 11.5 Å². The summed E-state index contributed by atoms with van der Waals surface area (Å²) < 4.78 is 0. The molecule has 0 saturated carbocycles. The molecule has 0 aliphatic carbocycles. The van der Waals surface area contributed by atoms with Crippen molar-refractivity contribution in [3.63, 3.8) is 0 Å². The van der Waals surface area contributed by atoms with Crippen molar-refractivity contribution in [2.75, 3.05) is 17.6 Å². The van der Waals surface area contributed by atoms with Gasteiger partial charge in [-0.25, -0.2) is 9.78 Å². The molecule has 1 heterocycles. The number of carboxylic acid groups (broad SMARTS) is 1. The highest BCUT2D eigenvalue weighted by atomic mass is 16.4. The molecule has 0 bridgehead atoms. The molecule has 0 saturated heterocycles. The fraction of sp³-hybridized carbons (Fsp3) is 0.308. The van der Waals surface area contributed by atoms with Crippen LogP contribution >= 0.6 is 0 Å². The van der Waals surface area contributed by atoms with Crippen molar-refractivity contribution in [1.29, 1.82) is 0 Å². The summed E-state index contributed by atoms with van der Waals surface area (Å²) in [7, 11) is 0. The third kappa shape index (κ3) is 2.90. The molecule has 6 nitrogen and oxygen atoms in total. The Labute approximate surface area is 110 Å². The predicted molar refractivity (Wildman–Crippen MR) is 74.3 cm³/mol. The molecule has 0 unspecified atom stereocenters. The number of nitrogens with zero attached hydrogens (tertiary/aromatic N) is 2. The molecule has 2 rings (SSSR count). The van der Waals surface area contributed by atoms with E-state index in [4.69, 9.17) is 10.8 Å². The van der Waals surface area contributed by atoms with Gasteiger partial charge in [-0.05, 0) is 24.6 Å². The minimum atomic E-state index is -0.987. The highest BCUT2D eigenvalue weighted by Gasteiger charge is 2.09. The van der Waals surface area contributed by atoms with Crippen LogP contribution in [-0.2, 0) is 0 Å². The minimum absolute atomic E-state index is 0.133. The van der Waals surface area contributed by atoms with Gasteiger partial charge in [-0.1, -0.05) is 13.3 Å². The highest BCUT2D eigenvalue weighted by molar-refractivity contribution is 5.96. The number of benzene rings is 1. The Morgan fingerprint density at radius 1 is 1.42 bits per heavy atom. The number of carbonyl (C=O) groups is 1. The van der Waals surface area contributed by atoms with E-state index in [0.717, 1.165) is 24.8 Å². The largest absolute Gasteiger partial charge is 0.478 e. The molecule has 0 fully saturated rings. The molecule has 100 valence electrons. The zero-order chi connectivity index (χ0) is 13.8. The Hall–Kier alpha value is -2.37. The first kappa shape index (κ1) is 13.1. The molecule has 0 spiro atoms. The summed E-state index contributed by atoms with van der Waals surface area (Å²) in [5, 5.41) is 12.9. The van der Waals surface area contributed by atoms with E-state index in [1.54, 1.807) is 6.07 Å². The summed E-state index contributed by atoms with van der Waals surface area (Å²) in [5.74, 6) is -0.207. The minimum Gasteiger partial charge on any atom is -0.478 e. The third-order valence-electron chi connectivity index (χ3n) is 2.78. The molecule has 19 heavy (non-hydrogen) atoms. The summed E-state index contributed by atoms with van der Waals surface area (Å²) in [5.41, 5.74) is 6.36. The van der Waals surface area contributed by atoms with Crippen molar-refractivity contribution < 1.29 is 9.90 Å². The van der Waals surface area contributed by atoms with Crippen molar-refractivity contribution in [2.45, 2.75) is 19.8 Å². The number of nitrogen functional groups attached to an aromatic ring is 1.